The van der Waals surface area contributed by atoms with Crippen LogP contribution < -0.4 is 0 Å². The Bertz CT molecular complexity index is 287. The van der Waals surface area contributed by atoms with Crippen molar-refractivity contribution in [3.63, 3.8) is 0 Å². The quantitative estimate of drug-likeness (QED) is 0.627. The second-order valence-electron chi connectivity index (χ2n) is 5.81. The van der Waals surface area contributed by atoms with E-state index in [0.717, 1.165) is 0 Å². The van der Waals surface area contributed by atoms with E-state index in [1.165, 1.54) is 11.1 Å². The molecule has 1 rings (SSSR count). The molecule has 0 fully saturated rings. The Balaban J connectivity index is 3.21. The fraction of sp³-hybridized carbons (Fsp3) is 0.692. The highest BCUT2D eigenvalue weighted by Crippen LogP contribution is 2.42. The molecule has 0 saturated carbocycles. The third-order valence-corrected chi connectivity index (χ3v) is 3.36. The van der Waals surface area contributed by atoms with Gasteiger partial charge in [0.05, 0.1) is 6.10 Å². The molecule has 0 saturated heterocycles. The van der Waals surface area contributed by atoms with Gasteiger partial charge in [-0.3, -0.25) is 0 Å². The average Bonchev–Trinajstić information content (AvgIpc) is 1.99. The Hall–Kier alpha value is -0.560. The van der Waals surface area contributed by atoms with Crippen LogP contribution in [0, 0.1) is 10.8 Å². The van der Waals surface area contributed by atoms with Crippen LogP contribution in [0.1, 0.15) is 41.5 Å². The number of hydrogen-bond acceptors (Lipinski definition) is 1. The minimum Gasteiger partial charge on any atom is -0.388 e. The summed E-state index contributed by atoms with van der Waals surface area (Å²) in [4.78, 5) is 0. The molecule has 1 atom stereocenters. The number of aliphatic hydroxyl groups excluding tert-OH is 1. The van der Waals surface area contributed by atoms with Gasteiger partial charge in [0.1, 0.15) is 0 Å². The molecule has 80 valence electrons. The van der Waals surface area contributed by atoms with Gasteiger partial charge in [-0.25, -0.2) is 0 Å². The van der Waals surface area contributed by atoms with Gasteiger partial charge in [0.25, 0.3) is 0 Å². The molecule has 1 nitrogen and oxygen atoms in total. The topological polar surface area (TPSA) is 20.2 Å². The van der Waals surface area contributed by atoms with Crippen molar-refractivity contribution in [3.8, 4) is 0 Å². The molecular formula is C13H22O. The van der Waals surface area contributed by atoms with Gasteiger partial charge in [-0.2, -0.15) is 0 Å². The molecule has 0 aliphatic heterocycles. The smallest absolute Gasteiger partial charge is 0.0812 e. The zero-order valence-electron chi connectivity index (χ0n) is 10.2. The third-order valence-electron chi connectivity index (χ3n) is 3.36. The predicted molar refractivity (Wildman–Crippen MR) is 61.1 cm³/mol. The van der Waals surface area contributed by atoms with Crippen LogP contribution in [0.15, 0.2) is 23.3 Å². The van der Waals surface area contributed by atoms with E-state index >= 15 is 0 Å². The number of aliphatic hydroxyl groups is 1. The van der Waals surface area contributed by atoms with Crippen LogP contribution in [0.4, 0.5) is 0 Å². The lowest BCUT2D eigenvalue weighted by molar-refractivity contribution is 0.113. The number of allylic oxidation sites excluding steroid dienone is 2. The molecule has 0 bridgehead atoms. The van der Waals surface area contributed by atoms with Crippen LogP contribution in [0.25, 0.3) is 0 Å². The Morgan fingerprint density at radius 2 is 1.79 bits per heavy atom. The Kier molecular flexibility index (Phi) is 2.66. The first-order chi connectivity index (χ1) is 6.17. The highest BCUT2D eigenvalue weighted by molar-refractivity contribution is 5.38. The minimum absolute atomic E-state index is 0.128. The van der Waals surface area contributed by atoms with Crippen LogP contribution in [0.2, 0.25) is 0 Å². The average molecular weight is 194 g/mol. The van der Waals surface area contributed by atoms with Crippen molar-refractivity contribution in [2.45, 2.75) is 47.6 Å². The molecule has 0 heterocycles. The van der Waals surface area contributed by atoms with Gasteiger partial charge in [-0.15, -0.1) is 0 Å². The molecular weight excluding hydrogens is 172 g/mol. The molecule has 0 amide bonds. The fourth-order valence-electron chi connectivity index (χ4n) is 1.93. The summed E-state index contributed by atoms with van der Waals surface area (Å²) in [5.41, 5.74) is 2.70. The van der Waals surface area contributed by atoms with Crippen molar-refractivity contribution in [2.75, 3.05) is 0 Å². The largest absolute Gasteiger partial charge is 0.388 e. The summed E-state index contributed by atoms with van der Waals surface area (Å²) in [5, 5.41) is 9.87. The van der Waals surface area contributed by atoms with E-state index in [2.05, 4.69) is 47.6 Å². The highest BCUT2D eigenvalue weighted by Gasteiger charge is 2.34. The highest BCUT2D eigenvalue weighted by atomic mass is 16.3. The lowest BCUT2D eigenvalue weighted by atomic mass is 9.69. The maximum atomic E-state index is 9.87. The van der Waals surface area contributed by atoms with E-state index in [1.54, 1.807) is 0 Å². The van der Waals surface area contributed by atoms with Crippen LogP contribution in [-0.4, -0.2) is 11.2 Å². The molecule has 0 aromatic rings. The molecule has 0 radical (unpaired) electrons. The summed E-state index contributed by atoms with van der Waals surface area (Å²) in [7, 11) is 0. The fourth-order valence-corrected chi connectivity index (χ4v) is 1.93. The summed E-state index contributed by atoms with van der Waals surface area (Å²) in [6, 6.07) is 0. The van der Waals surface area contributed by atoms with Crippen molar-refractivity contribution in [2.24, 2.45) is 10.8 Å². The van der Waals surface area contributed by atoms with Gasteiger partial charge in [0.15, 0.2) is 0 Å². The van der Waals surface area contributed by atoms with Crippen molar-refractivity contribution in [1.82, 2.24) is 0 Å². The first-order valence-corrected chi connectivity index (χ1v) is 5.25. The van der Waals surface area contributed by atoms with Gasteiger partial charge in [-0.1, -0.05) is 52.3 Å². The lowest BCUT2D eigenvalue weighted by Gasteiger charge is -2.38. The summed E-state index contributed by atoms with van der Waals surface area (Å²) < 4.78 is 0. The maximum Gasteiger partial charge on any atom is 0.0812 e. The second kappa shape index (κ2) is 3.23. The van der Waals surface area contributed by atoms with Crippen LogP contribution in [-0.2, 0) is 0 Å². The van der Waals surface area contributed by atoms with E-state index in [0.29, 0.717) is 0 Å². The van der Waals surface area contributed by atoms with Crippen molar-refractivity contribution in [1.29, 1.82) is 0 Å². The third kappa shape index (κ3) is 1.78. The van der Waals surface area contributed by atoms with E-state index in [9.17, 15) is 5.11 Å². The van der Waals surface area contributed by atoms with E-state index in [1.807, 2.05) is 6.08 Å². The monoisotopic (exact) mass is 194 g/mol. The van der Waals surface area contributed by atoms with Gasteiger partial charge in [0, 0.05) is 5.41 Å². The molecule has 14 heavy (non-hydrogen) atoms. The Labute approximate surface area is 87.5 Å². The van der Waals surface area contributed by atoms with Crippen molar-refractivity contribution in [3.05, 3.63) is 23.3 Å². The van der Waals surface area contributed by atoms with Crippen LogP contribution in [0.3, 0.4) is 0 Å². The summed E-state index contributed by atoms with van der Waals surface area (Å²) in [6.07, 6.45) is 3.63. The zero-order valence-corrected chi connectivity index (χ0v) is 10.2. The molecule has 1 N–H and O–H groups in total. The lowest BCUT2D eigenvalue weighted by Crippen LogP contribution is -2.33. The molecule has 0 aromatic carbocycles. The van der Waals surface area contributed by atoms with Crippen LogP contribution >= 0.6 is 0 Å². The molecule has 1 aliphatic rings. The van der Waals surface area contributed by atoms with Crippen LogP contribution in [0.5, 0.6) is 0 Å². The Morgan fingerprint density at radius 1 is 1.29 bits per heavy atom. The molecule has 1 unspecified atom stereocenters. The minimum atomic E-state index is -0.353. The standard InChI is InChI=1S/C13H22O/c1-9-10(12(2,3)4)7-8-11(14)13(9,5)6/h7-8,11,14H,1-6H3. The normalized spacial score (nSPS) is 26.9. The molecule has 0 spiro atoms. The summed E-state index contributed by atoms with van der Waals surface area (Å²) >= 11 is 0. The first-order valence-electron chi connectivity index (χ1n) is 5.25. The molecule has 1 heteroatoms. The molecule has 0 aromatic heterocycles. The maximum absolute atomic E-state index is 9.87. The Morgan fingerprint density at radius 3 is 2.21 bits per heavy atom. The zero-order chi connectivity index (χ0) is 11.1. The van der Waals surface area contributed by atoms with Gasteiger partial charge < -0.3 is 5.11 Å². The van der Waals surface area contributed by atoms with Gasteiger partial charge in [0.2, 0.25) is 0 Å². The van der Waals surface area contributed by atoms with E-state index < -0.39 is 0 Å². The molecule has 1 aliphatic carbocycles. The second-order valence-corrected chi connectivity index (χ2v) is 5.81. The first kappa shape index (κ1) is 11.5. The van der Waals surface area contributed by atoms with E-state index in [-0.39, 0.29) is 16.9 Å². The summed E-state index contributed by atoms with van der Waals surface area (Å²) in [5.74, 6) is 0. The van der Waals surface area contributed by atoms with Crippen molar-refractivity contribution < 1.29 is 5.11 Å². The number of hydrogen-bond donors (Lipinski definition) is 1. The SMILES string of the molecule is CC1=C(C(C)(C)C)C=CC(O)C1(C)C. The van der Waals surface area contributed by atoms with Crippen molar-refractivity contribution >= 4 is 0 Å². The number of rotatable bonds is 0. The van der Waals surface area contributed by atoms with E-state index in [4.69, 9.17) is 0 Å². The van der Waals surface area contributed by atoms with Gasteiger partial charge in [-0.05, 0) is 17.9 Å². The van der Waals surface area contributed by atoms with Gasteiger partial charge >= 0.3 is 0 Å². The predicted octanol–water partition coefficient (Wildman–Crippen LogP) is 3.31. The summed E-state index contributed by atoms with van der Waals surface area (Å²) in [6.45, 7) is 13.0.